The van der Waals surface area contributed by atoms with Crippen LogP contribution in [0.5, 0.6) is 5.75 Å². The number of aromatic amines is 1. The lowest BCUT2D eigenvalue weighted by molar-refractivity contribution is -0.121. The van der Waals surface area contributed by atoms with Crippen LogP contribution in [0.15, 0.2) is 29.1 Å². The maximum Gasteiger partial charge on any atom is 0.255 e. The van der Waals surface area contributed by atoms with Crippen molar-refractivity contribution in [2.75, 3.05) is 58.5 Å². The van der Waals surface area contributed by atoms with Crippen molar-refractivity contribution in [2.45, 2.75) is 26.3 Å². The summed E-state index contributed by atoms with van der Waals surface area (Å²) in [6.45, 7) is 6.37. The Bertz CT molecular complexity index is 936. The number of aromatic nitrogens is 2. The zero-order chi connectivity index (χ0) is 22.9. The van der Waals surface area contributed by atoms with Gasteiger partial charge in [0.1, 0.15) is 12.4 Å². The van der Waals surface area contributed by atoms with Gasteiger partial charge in [-0.25, -0.2) is 4.98 Å². The number of morpholine rings is 1. The van der Waals surface area contributed by atoms with Gasteiger partial charge in [0.15, 0.2) is 0 Å². The van der Waals surface area contributed by atoms with E-state index in [1.807, 2.05) is 50.2 Å². The molecular weight excluding hydrogens is 410 g/mol. The minimum Gasteiger partial charge on any atom is -0.492 e. The lowest BCUT2D eigenvalue weighted by Gasteiger charge is -2.27. The molecule has 0 unspecified atom stereocenters. The van der Waals surface area contributed by atoms with E-state index in [1.54, 1.807) is 0 Å². The number of anilines is 1. The smallest absolute Gasteiger partial charge is 0.255 e. The predicted molar refractivity (Wildman–Crippen MR) is 123 cm³/mol. The summed E-state index contributed by atoms with van der Waals surface area (Å²) < 4.78 is 11.0. The molecule has 0 spiro atoms. The molecule has 174 valence electrons. The summed E-state index contributed by atoms with van der Waals surface area (Å²) in [4.78, 5) is 36.3. The number of likely N-dealkylation sites (N-methyl/N-ethyl adjacent to an activating group) is 1. The molecule has 1 aromatic carbocycles. The standard InChI is InChI=1S/C23H33N5O4/c1-17-20(22(30)26-23(25-17)28-11-13-31-14-12-28)8-9-21(29)24-16-18-4-6-19(7-5-18)32-15-10-27(2)3/h4-7H,8-16H2,1-3H3,(H,24,29)(H,25,26,30). The number of hydrogen-bond acceptors (Lipinski definition) is 7. The molecule has 0 aliphatic carbocycles. The summed E-state index contributed by atoms with van der Waals surface area (Å²) in [5.74, 6) is 1.27. The van der Waals surface area contributed by atoms with Crippen molar-refractivity contribution >= 4 is 11.9 Å². The molecule has 1 aliphatic rings. The Kier molecular flexibility index (Phi) is 8.64. The van der Waals surface area contributed by atoms with Gasteiger partial charge in [0.05, 0.1) is 13.2 Å². The van der Waals surface area contributed by atoms with Gasteiger partial charge in [-0.15, -0.1) is 0 Å². The van der Waals surface area contributed by atoms with Crippen molar-refractivity contribution in [3.05, 3.63) is 51.4 Å². The highest BCUT2D eigenvalue weighted by Crippen LogP contribution is 2.13. The van der Waals surface area contributed by atoms with E-state index in [2.05, 4.69) is 20.2 Å². The van der Waals surface area contributed by atoms with Gasteiger partial charge in [-0.1, -0.05) is 12.1 Å². The van der Waals surface area contributed by atoms with Crippen LogP contribution in [0.4, 0.5) is 5.95 Å². The van der Waals surface area contributed by atoms with Crippen LogP contribution in [0, 0.1) is 6.92 Å². The molecule has 2 heterocycles. The average Bonchev–Trinajstić information content (AvgIpc) is 2.78. The molecule has 2 aromatic rings. The number of rotatable bonds is 10. The highest BCUT2D eigenvalue weighted by Gasteiger charge is 2.16. The third kappa shape index (κ3) is 7.06. The summed E-state index contributed by atoms with van der Waals surface area (Å²) in [5.41, 5.74) is 2.02. The Hall–Kier alpha value is -2.91. The minimum atomic E-state index is -0.184. The number of nitrogens with one attached hydrogen (secondary N) is 2. The summed E-state index contributed by atoms with van der Waals surface area (Å²) in [5, 5.41) is 2.91. The molecule has 1 amide bonds. The zero-order valence-electron chi connectivity index (χ0n) is 19.1. The molecule has 32 heavy (non-hydrogen) atoms. The fourth-order valence-electron chi connectivity index (χ4n) is 3.39. The van der Waals surface area contributed by atoms with Gasteiger partial charge in [0.25, 0.3) is 5.56 Å². The van der Waals surface area contributed by atoms with E-state index in [4.69, 9.17) is 9.47 Å². The van der Waals surface area contributed by atoms with Crippen LogP contribution in [0.2, 0.25) is 0 Å². The Morgan fingerprint density at radius 1 is 1.25 bits per heavy atom. The zero-order valence-corrected chi connectivity index (χ0v) is 19.1. The number of nitrogens with zero attached hydrogens (tertiary/aromatic N) is 3. The van der Waals surface area contributed by atoms with Gasteiger partial charge in [0, 0.05) is 43.9 Å². The topological polar surface area (TPSA) is 99.8 Å². The van der Waals surface area contributed by atoms with Crippen LogP contribution in [-0.4, -0.2) is 74.3 Å². The number of H-pyrrole nitrogens is 1. The van der Waals surface area contributed by atoms with Crippen molar-refractivity contribution in [3.63, 3.8) is 0 Å². The molecule has 9 nitrogen and oxygen atoms in total. The van der Waals surface area contributed by atoms with Crippen molar-refractivity contribution in [1.82, 2.24) is 20.2 Å². The quantitative estimate of drug-likeness (QED) is 0.567. The lowest BCUT2D eigenvalue weighted by Crippen LogP contribution is -2.38. The third-order valence-electron chi connectivity index (χ3n) is 5.34. The third-order valence-corrected chi connectivity index (χ3v) is 5.34. The number of hydrogen-bond donors (Lipinski definition) is 2. The van der Waals surface area contributed by atoms with E-state index in [0.717, 1.165) is 17.9 Å². The van der Waals surface area contributed by atoms with Crippen molar-refractivity contribution in [3.8, 4) is 5.75 Å². The van der Waals surface area contributed by atoms with Crippen LogP contribution in [0.25, 0.3) is 0 Å². The Morgan fingerprint density at radius 2 is 1.97 bits per heavy atom. The van der Waals surface area contributed by atoms with Crippen LogP contribution in [0.1, 0.15) is 23.2 Å². The van der Waals surface area contributed by atoms with Crippen LogP contribution >= 0.6 is 0 Å². The number of carbonyl (C=O) groups excluding carboxylic acids is 1. The molecule has 1 aliphatic heterocycles. The highest BCUT2D eigenvalue weighted by molar-refractivity contribution is 5.76. The monoisotopic (exact) mass is 443 g/mol. The molecule has 9 heteroatoms. The maximum absolute atomic E-state index is 12.5. The molecule has 1 fully saturated rings. The molecular formula is C23H33N5O4. The fraction of sp³-hybridized carbons (Fsp3) is 0.522. The summed E-state index contributed by atoms with van der Waals surface area (Å²) in [6, 6.07) is 7.69. The van der Waals surface area contributed by atoms with Gasteiger partial charge in [-0.05, 0) is 45.1 Å². The van der Waals surface area contributed by atoms with Gasteiger partial charge < -0.3 is 24.6 Å². The van der Waals surface area contributed by atoms with E-state index in [9.17, 15) is 9.59 Å². The first kappa shape index (κ1) is 23.7. The molecule has 1 aromatic heterocycles. The maximum atomic E-state index is 12.5. The molecule has 0 radical (unpaired) electrons. The van der Waals surface area contributed by atoms with Gasteiger partial charge in [-0.3, -0.25) is 14.6 Å². The Balaban J connectivity index is 1.46. The normalized spacial score (nSPS) is 13.9. The number of ether oxygens (including phenoxy) is 2. The van der Waals surface area contributed by atoms with Gasteiger partial charge >= 0.3 is 0 Å². The molecule has 0 atom stereocenters. The van der Waals surface area contributed by atoms with Gasteiger partial charge in [-0.2, -0.15) is 0 Å². The summed E-state index contributed by atoms with van der Waals surface area (Å²) in [6.07, 6.45) is 0.580. The van der Waals surface area contributed by atoms with Crippen LogP contribution in [-0.2, 0) is 22.5 Å². The van der Waals surface area contributed by atoms with Gasteiger partial charge in [0.2, 0.25) is 11.9 Å². The number of aryl methyl sites for hydroxylation is 1. The highest BCUT2D eigenvalue weighted by atomic mass is 16.5. The summed E-state index contributed by atoms with van der Waals surface area (Å²) in [7, 11) is 4.01. The Morgan fingerprint density at radius 3 is 2.62 bits per heavy atom. The van der Waals surface area contributed by atoms with E-state index in [1.165, 1.54) is 0 Å². The Labute approximate surface area is 188 Å². The van der Waals surface area contributed by atoms with Crippen LogP contribution in [0.3, 0.4) is 0 Å². The number of carbonyl (C=O) groups is 1. The second-order valence-electron chi connectivity index (χ2n) is 8.13. The first-order valence-corrected chi connectivity index (χ1v) is 11.0. The predicted octanol–water partition coefficient (Wildman–Crippen LogP) is 1.10. The average molecular weight is 444 g/mol. The van der Waals surface area contributed by atoms with Crippen molar-refractivity contribution in [2.24, 2.45) is 0 Å². The molecule has 0 saturated carbocycles. The molecule has 1 saturated heterocycles. The van der Waals surface area contributed by atoms with E-state index in [0.29, 0.717) is 63.1 Å². The minimum absolute atomic E-state index is 0.104. The van der Waals surface area contributed by atoms with E-state index in [-0.39, 0.29) is 17.9 Å². The van der Waals surface area contributed by atoms with E-state index < -0.39 is 0 Å². The largest absolute Gasteiger partial charge is 0.492 e. The molecule has 0 bridgehead atoms. The first-order chi connectivity index (χ1) is 15.4. The van der Waals surface area contributed by atoms with Crippen molar-refractivity contribution in [1.29, 1.82) is 0 Å². The van der Waals surface area contributed by atoms with Crippen LogP contribution < -0.4 is 20.5 Å². The van der Waals surface area contributed by atoms with E-state index >= 15 is 0 Å². The number of benzene rings is 1. The molecule has 3 rings (SSSR count). The second-order valence-corrected chi connectivity index (χ2v) is 8.13. The second kappa shape index (κ2) is 11.6. The number of amides is 1. The van der Waals surface area contributed by atoms with Crippen molar-refractivity contribution < 1.29 is 14.3 Å². The SMILES string of the molecule is Cc1nc(N2CCOCC2)[nH]c(=O)c1CCC(=O)NCc1ccc(OCCN(C)C)cc1. The fourth-order valence-corrected chi connectivity index (χ4v) is 3.39. The first-order valence-electron chi connectivity index (χ1n) is 11.0. The lowest BCUT2D eigenvalue weighted by atomic mass is 10.1. The molecule has 2 N–H and O–H groups in total. The summed E-state index contributed by atoms with van der Waals surface area (Å²) >= 11 is 0.